The van der Waals surface area contributed by atoms with Gasteiger partial charge >= 0.3 is 5.91 Å². The van der Waals surface area contributed by atoms with Gasteiger partial charge in [0, 0.05) is 21.7 Å². The highest BCUT2D eigenvalue weighted by atomic mass is 35.5. The van der Waals surface area contributed by atoms with Gasteiger partial charge in [-0.05, 0) is 30.7 Å². The van der Waals surface area contributed by atoms with Gasteiger partial charge in [0.1, 0.15) is 5.58 Å². The molecule has 134 valence electrons. The molecule has 7 heteroatoms. The number of nitrogens with one attached hydrogen (secondary N) is 2. The molecule has 2 N–H and O–H groups in total. The number of hydrogen-bond donors (Lipinski definition) is 2. The molecule has 1 aromatic heterocycles. The molecule has 0 fully saturated rings. The third kappa shape index (κ3) is 4.39. The lowest BCUT2D eigenvalue weighted by atomic mass is 10.1. The van der Waals surface area contributed by atoms with Crippen LogP contribution in [0.4, 0.5) is 0 Å². The largest absolute Gasteiger partial charge is 0.451 e. The van der Waals surface area contributed by atoms with Crippen molar-refractivity contribution in [2.75, 3.05) is 5.75 Å². The SMILES string of the molecule is Cc1c(C(=O)NNC(=O)CSCc2cccc(Cl)c2)oc2ccccc12. The zero-order valence-corrected chi connectivity index (χ0v) is 15.6. The van der Waals surface area contributed by atoms with E-state index in [0.717, 1.165) is 16.5 Å². The van der Waals surface area contributed by atoms with E-state index in [-0.39, 0.29) is 17.4 Å². The number of carbonyl (C=O) groups is 2. The number of carbonyl (C=O) groups excluding carboxylic acids is 2. The molecule has 0 aliphatic carbocycles. The number of hydrogen-bond acceptors (Lipinski definition) is 4. The molecule has 26 heavy (non-hydrogen) atoms. The number of para-hydroxylation sites is 1. The Labute approximate surface area is 160 Å². The van der Waals surface area contributed by atoms with Gasteiger partial charge in [-0.1, -0.05) is 41.9 Å². The Balaban J connectivity index is 1.49. The molecule has 0 aliphatic rings. The van der Waals surface area contributed by atoms with Crippen LogP contribution in [-0.2, 0) is 10.5 Å². The van der Waals surface area contributed by atoms with Gasteiger partial charge in [-0.25, -0.2) is 0 Å². The minimum Gasteiger partial charge on any atom is -0.451 e. The molecule has 0 spiro atoms. The van der Waals surface area contributed by atoms with Crippen LogP contribution in [0.25, 0.3) is 11.0 Å². The molecule has 5 nitrogen and oxygen atoms in total. The standard InChI is InChI=1S/C19H17ClN2O3S/c1-12-15-7-2-3-8-16(15)25-18(12)19(24)22-21-17(23)11-26-10-13-5-4-6-14(20)9-13/h2-9H,10-11H2,1H3,(H,21,23)(H,22,24). The lowest BCUT2D eigenvalue weighted by Gasteiger charge is -2.06. The van der Waals surface area contributed by atoms with E-state index in [2.05, 4.69) is 10.9 Å². The number of hydrazine groups is 1. The fourth-order valence-corrected chi connectivity index (χ4v) is 3.49. The summed E-state index contributed by atoms with van der Waals surface area (Å²) in [5, 5.41) is 1.54. The van der Waals surface area contributed by atoms with Crippen molar-refractivity contribution in [1.82, 2.24) is 10.9 Å². The van der Waals surface area contributed by atoms with Crippen LogP contribution in [0.1, 0.15) is 21.7 Å². The monoisotopic (exact) mass is 388 g/mol. The molecule has 2 aromatic carbocycles. The molecule has 2 amide bonds. The van der Waals surface area contributed by atoms with E-state index in [9.17, 15) is 9.59 Å². The van der Waals surface area contributed by atoms with Crippen LogP contribution in [0, 0.1) is 6.92 Å². The Morgan fingerprint density at radius 3 is 2.69 bits per heavy atom. The number of thioether (sulfide) groups is 1. The van der Waals surface area contributed by atoms with Crippen LogP contribution < -0.4 is 10.9 Å². The second kappa shape index (κ2) is 8.29. The third-order valence-corrected chi connectivity index (χ3v) is 5.00. The number of amides is 2. The lowest BCUT2D eigenvalue weighted by Crippen LogP contribution is -2.42. The van der Waals surface area contributed by atoms with Crippen LogP contribution >= 0.6 is 23.4 Å². The average molecular weight is 389 g/mol. The summed E-state index contributed by atoms with van der Waals surface area (Å²) in [5.41, 5.74) is 7.21. The van der Waals surface area contributed by atoms with Crippen LogP contribution in [0.15, 0.2) is 52.9 Å². The number of furan rings is 1. The second-order valence-electron chi connectivity index (χ2n) is 5.68. The summed E-state index contributed by atoms with van der Waals surface area (Å²) in [6.45, 7) is 1.81. The van der Waals surface area contributed by atoms with Gasteiger partial charge in [-0.2, -0.15) is 0 Å². The molecule has 3 aromatic rings. The molecular weight excluding hydrogens is 372 g/mol. The first-order valence-corrected chi connectivity index (χ1v) is 9.47. The van der Waals surface area contributed by atoms with E-state index in [1.54, 1.807) is 12.1 Å². The first kappa shape index (κ1) is 18.4. The quantitative estimate of drug-likeness (QED) is 0.646. The predicted octanol–water partition coefficient (Wildman–Crippen LogP) is 4.09. The van der Waals surface area contributed by atoms with Crippen LogP contribution in [0.3, 0.4) is 0 Å². The number of rotatable bonds is 5. The molecule has 0 aliphatic heterocycles. The van der Waals surface area contributed by atoms with Gasteiger partial charge in [0.25, 0.3) is 0 Å². The van der Waals surface area contributed by atoms with Crippen molar-refractivity contribution >= 4 is 46.1 Å². The zero-order chi connectivity index (χ0) is 18.5. The van der Waals surface area contributed by atoms with Gasteiger partial charge in [-0.15, -0.1) is 11.8 Å². The second-order valence-corrected chi connectivity index (χ2v) is 7.10. The van der Waals surface area contributed by atoms with E-state index in [0.29, 0.717) is 16.4 Å². The minimum absolute atomic E-state index is 0.193. The summed E-state index contributed by atoms with van der Waals surface area (Å²) >= 11 is 7.36. The minimum atomic E-state index is -0.480. The highest BCUT2D eigenvalue weighted by Crippen LogP contribution is 2.24. The Morgan fingerprint density at radius 1 is 1.12 bits per heavy atom. The maximum absolute atomic E-state index is 12.2. The summed E-state index contributed by atoms with van der Waals surface area (Å²) in [4.78, 5) is 24.1. The number of fused-ring (bicyclic) bond motifs is 1. The normalized spacial score (nSPS) is 10.7. The average Bonchev–Trinajstić information content (AvgIpc) is 2.97. The van der Waals surface area contributed by atoms with Crippen molar-refractivity contribution in [2.45, 2.75) is 12.7 Å². The van der Waals surface area contributed by atoms with Gasteiger partial charge in [-0.3, -0.25) is 20.4 Å². The molecule has 3 rings (SSSR count). The molecule has 0 radical (unpaired) electrons. The number of benzene rings is 2. The summed E-state index contributed by atoms with van der Waals surface area (Å²) in [6, 6.07) is 14.9. The number of aryl methyl sites for hydroxylation is 1. The molecule has 1 heterocycles. The Hall–Kier alpha value is -2.44. The molecule has 0 unspecified atom stereocenters. The first-order valence-electron chi connectivity index (χ1n) is 7.94. The van der Waals surface area contributed by atoms with Gasteiger partial charge < -0.3 is 4.42 Å². The Morgan fingerprint density at radius 2 is 1.92 bits per heavy atom. The highest BCUT2D eigenvalue weighted by Gasteiger charge is 2.17. The van der Waals surface area contributed by atoms with Gasteiger partial charge in [0.2, 0.25) is 5.91 Å². The lowest BCUT2D eigenvalue weighted by molar-refractivity contribution is -0.119. The van der Waals surface area contributed by atoms with Crippen molar-refractivity contribution in [3.8, 4) is 0 Å². The fourth-order valence-electron chi connectivity index (χ4n) is 2.50. The van der Waals surface area contributed by atoms with Crippen molar-refractivity contribution < 1.29 is 14.0 Å². The molecule has 0 atom stereocenters. The predicted molar refractivity (Wildman–Crippen MR) is 104 cm³/mol. The first-order chi connectivity index (χ1) is 12.5. The van der Waals surface area contributed by atoms with Crippen LogP contribution in [0.5, 0.6) is 0 Å². The molecule has 0 bridgehead atoms. The Kier molecular flexibility index (Phi) is 5.85. The Bertz CT molecular complexity index is 955. The van der Waals surface area contributed by atoms with Crippen molar-refractivity contribution in [2.24, 2.45) is 0 Å². The van der Waals surface area contributed by atoms with E-state index in [1.165, 1.54) is 11.8 Å². The topological polar surface area (TPSA) is 71.3 Å². The zero-order valence-electron chi connectivity index (χ0n) is 14.0. The van der Waals surface area contributed by atoms with Crippen molar-refractivity contribution in [3.63, 3.8) is 0 Å². The number of halogens is 1. The van der Waals surface area contributed by atoms with E-state index in [1.807, 2.05) is 43.3 Å². The van der Waals surface area contributed by atoms with E-state index >= 15 is 0 Å². The van der Waals surface area contributed by atoms with Gasteiger partial charge in [0.05, 0.1) is 5.75 Å². The molecule has 0 saturated heterocycles. The van der Waals surface area contributed by atoms with Crippen molar-refractivity contribution in [1.29, 1.82) is 0 Å². The van der Waals surface area contributed by atoms with E-state index in [4.69, 9.17) is 16.0 Å². The summed E-state index contributed by atoms with van der Waals surface area (Å²) < 4.78 is 5.56. The maximum atomic E-state index is 12.2. The summed E-state index contributed by atoms with van der Waals surface area (Å²) in [5.74, 6) is 0.292. The fraction of sp³-hybridized carbons (Fsp3) is 0.158. The van der Waals surface area contributed by atoms with Crippen LogP contribution in [-0.4, -0.2) is 17.6 Å². The molecule has 0 saturated carbocycles. The maximum Gasteiger partial charge on any atom is 0.305 e. The van der Waals surface area contributed by atoms with Crippen molar-refractivity contribution in [3.05, 3.63) is 70.4 Å². The summed E-state index contributed by atoms with van der Waals surface area (Å²) in [6.07, 6.45) is 0. The smallest absolute Gasteiger partial charge is 0.305 e. The highest BCUT2D eigenvalue weighted by molar-refractivity contribution is 7.99. The molecular formula is C19H17ClN2O3S. The third-order valence-electron chi connectivity index (χ3n) is 3.76. The summed E-state index contributed by atoms with van der Waals surface area (Å²) in [7, 11) is 0. The van der Waals surface area contributed by atoms with E-state index < -0.39 is 5.91 Å². The van der Waals surface area contributed by atoms with Crippen LogP contribution in [0.2, 0.25) is 5.02 Å². The van der Waals surface area contributed by atoms with Gasteiger partial charge in [0.15, 0.2) is 5.76 Å².